The minimum absolute atomic E-state index is 0.127. The summed E-state index contributed by atoms with van der Waals surface area (Å²) in [6.45, 7) is 24.7. The molecule has 0 amide bonds. The summed E-state index contributed by atoms with van der Waals surface area (Å²) < 4.78 is 21.5. The highest BCUT2D eigenvalue weighted by Crippen LogP contribution is 2.41. The average molecular weight is 725 g/mol. The van der Waals surface area contributed by atoms with Crippen LogP contribution in [0, 0.1) is 22.7 Å². The second kappa shape index (κ2) is 17.3. The van der Waals surface area contributed by atoms with E-state index >= 15 is 0 Å². The van der Waals surface area contributed by atoms with Gasteiger partial charge in [-0.25, -0.2) is 9.59 Å². The van der Waals surface area contributed by atoms with Gasteiger partial charge in [0.1, 0.15) is 22.7 Å². The number of carbonyl (C=O) groups is 2. The van der Waals surface area contributed by atoms with Crippen LogP contribution < -0.4 is 31.6 Å². The van der Waals surface area contributed by atoms with E-state index in [4.69, 9.17) is 30.4 Å². The van der Waals surface area contributed by atoms with Gasteiger partial charge in [-0.2, -0.15) is 0 Å². The van der Waals surface area contributed by atoms with Crippen LogP contribution in [0.5, 0.6) is 11.5 Å². The zero-order valence-electron chi connectivity index (χ0n) is 34.0. The van der Waals surface area contributed by atoms with Crippen molar-refractivity contribution in [1.29, 1.82) is 0 Å². The summed E-state index contributed by atoms with van der Waals surface area (Å²) in [5.41, 5.74) is 15.1. The molecule has 2 aliphatic carbocycles. The fourth-order valence-corrected chi connectivity index (χ4v) is 7.90. The van der Waals surface area contributed by atoms with Crippen LogP contribution >= 0.6 is 0 Å². The zero-order chi connectivity index (χ0) is 39.1. The predicted octanol–water partition coefficient (Wildman–Crippen LogP) is 9.23. The number of carbonyl (C=O) groups excluding carboxylic acids is 2. The lowest BCUT2D eigenvalue weighted by Gasteiger charge is -2.39. The van der Waals surface area contributed by atoms with Gasteiger partial charge in [0.2, 0.25) is 0 Å². The van der Waals surface area contributed by atoms with Gasteiger partial charge in [0, 0.05) is 24.2 Å². The number of esters is 2. The Labute approximate surface area is 313 Å². The number of nitrogens with two attached hydrogens (primary N) is 2. The van der Waals surface area contributed by atoms with E-state index in [0.29, 0.717) is 57.6 Å². The van der Waals surface area contributed by atoms with E-state index in [-0.39, 0.29) is 13.2 Å². The molecule has 10 nitrogen and oxygen atoms in total. The molecule has 0 bridgehead atoms. The lowest BCUT2D eigenvalue weighted by Crippen LogP contribution is -2.35. The first kappa shape index (κ1) is 42.6. The molecular formula is C42H68N4O6. The van der Waals surface area contributed by atoms with Gasteiger partial charge in [-0.15, -0.1) is 0 Å². The Morgan fingerprint density at radius 3 is 1.29 bits per heavy atom. The summed E-state index contributed by atoms with van der Waals surface area (Å²) in [7, 11) is 0. The fraction of sp³-hybridized carbons (Fsp3) is 0.667. The van der Waals surface area contributed by atoms with Gasteiger partial charge in [0.05, 0.1) is 22.7 Å². The first-order valence-electron chi connectivity index (χ1n) is 18.9. The number of hydrogen-bond donors (Lipinski definition) is 4. The van der Waals surface area contributed by atoms with Gasteiger partial charge >= 0.3 is 11.9 Å². The van der Waals surface area contributed by atoms with Crippen LogP contribution in [0.1, 0.15) is 122 Å². The lowest BCUT2D eigenvalue weighted by atomic mass is 9.70. The molecule has 2 aliphatic rings. The maximum absolute atomic E-state index is 11.7. The molecule has 52 heavy (non-hydrogen) atoms. The number of anilines is 4. The molecule has 2 saturated carbocycles. The molecule has 10 heteroatoms. The minimum Gasteiger partial charge on any atom is -0.482 e. The number of benzene rings is 2. The van der Waals surface area contributed by atoms with E-state index in [0.717, 1.165) is 37.1 Å². The molecule has 4 atom stereocenters. The van der Waals surface area contributed by atoms with Gasteiger partial charge in [-0.1, -0.05) is 41.5 Å². The van der Waals surface area contributed by atoms with Crippen LogP contribution in [0.2, 0.25) is 0 Å². The van der Waals surface area contributed by atoms with Gasteiger partial charge in [0.15, 0.2) is 13.2 Å². The summed E-state index contributed by atoms with van der Waals surface area (Å²) >= 11 is 0. The van der Waals surface area contributed by atoms with Gasteiger partial charge < -0.3 is 41.0 Å². The molecule has 0 heterocycles. The SMILES string of the molecule is C[C@@H]1C[C@H](Nc2ccc(OCC(=O)OC(C)(C)C)cc2N)CC(C)(C)C1.C[C@H]1C[C@@H](Nc2ccc(OCC(=O)OC(C)(C)C)cc2N)CC(C)(C)C1. The minimum atomic E-state index is -0.516. The van der Waals surface area contributed by atoms with Gasteiger partial charge in [-0.05, 0) is 127 Å². The van der Waals surface area contributed by atoms with Crippen molar-refractivity contribution in [2.75, 3.05) is 35.3 Å². The Hall–Kier alpha value is -3.82. The number of ether oxygens (including phenoxy) is 4. The molecule has 6 N–H and O–H groups in total. The van der Waals surface area contributed by atoms with Crippen molar-refractivity contribution in [2.45, 2.75) is 145 Å². The highest BCUT2D eigenvalue weighted by atomic mass is 16.6. The van der Waals surface area contributed by atoms with E-state index in [2.05, 4.69) is 52.2 Å². The molecule has 2 aromatic carbocycles. The Morgan fingerprint density at radius 1 is 0.654 bits per heavy atom. The highest BCUT2D eigenvalue weighted by molar-refractivity contribution is 5.73. The predicted molar refractivity (Wildman–Crippen MR) is 213 cm³/mol. The Kier molecular flexibility index (Phi) is 14.2. The van der Waals surface area contributed by atoms with Crippen LogP contribution in [-0.4, -0.2) is 48.4 Å². The summed E-state index contributed by atoms with van der Waals surface area (Å²) in [6.07, 6.45) is 7.09. The van der Waals surface area contributed by atoms with Crippen molar-refractivity contribution in [3.05, 3.63) is 36.4 Å². The van der Waals surface area contributed by atoms with Crippen molar-refractivity contribution in [3.8, 4) is 11.5 Å². The Balaban J connectivity index is 0.000000280. The van der Waals surface area contributed by atoms with Crippen LogP contribution in [0.25, 0.3) is 0 Å². The van der Waals surface area contributed by atoms with Crippen molar-refractivity contribution in [1.82, 2.24) is 0 Å². The molecule has 0 aromatic heterocycles. The maximum atomic E-state index is 11.7. The zero-order valence-corrected chi connectivity index (χ0v) is 34.0. The fourth-order valence-electron chi connectivity index (χ4n) is 7.90. The third-order valence-electron chi connectivity index (χ3n) is 9.09. The second-order valence-electron chi connectivity index (χ2n) is 18.8. The molecule has 2 aromatic rings. The largest absolute Gasteiger partial charge is 0.482 e. The molecule has 2 fully saturated rings. The quantitative estimate of drug-likeness (QED) is 0.138. The summed E-state index contributed by atoms with van der Waals surface area (Å²) in [5, 5.41) is 7.17. The molecule has 0 radical (unpaired) electrons. The molecule has 0 spiro atoms. The third kappa shape index (κ3) is 15.4. The normalized spacial score (nSPS) is 22.5. The first-order chi connectivity index (χ1) is 23.9. The lowest BCUT2D eigenvalue weighted by molar-refractivity contribution is -0.158. The van der Waals surface area contributed by atoms with E-state index < -0.39 is 23.1 Å². The van der Waals surface area contributed by atoms with Crippen LogP contribution in [0.3, 0.4) is 0 Å². The van der Waals surface area contributed by atoms with Crippen LogP contribution in [-0.2, 0) is 19.1 Å². The average Bonchev–Trinajstić information content (AvgIpc) is 2.94. The topological polar surface area (TPSA) is 147 Å². The maximum Gasteiger partial charge on any atom is 0.344 e. The molecule has 4 rings (SSSR count). The second-order valence-corrected chi connectivity index (χ2v) is 18.8. The van der Waals surface area contributed by atoms with Crippen molar-refractivity contribution >= 4 is 34.7 Å². The molecule has 0 aliphatic heterocycles. The first-order valence-corrected chi connectivity index (χ1v) is 18.9. The number of nitrogen functional groups attached to an aromatic ring is 2. The molecule has 0 unspecified atom stereocenters. The Morgan fingerprint density at radius 2 is 1.00 bits per heavy atom. The third-order valence-corrected chi connectivity index (χ3v) is 9.09. The van der Waals surface area contributed by atoms with Crippen LogP contribution in [0.15, 0.2) is 36.4 Å². The highest BCUT2D eigenvalue weighted by Gasteiger charge is 2.33. The summed E-state index contributed by atoms with van der Waals surface area (Å²) in [5.74, 6) is 1.75. The van der Waals surface area contributed by atoms with Crippen molar-refractivity contribution in [3.63, 3.8) is 0 Å². The number of nitrogens with one attached hydrogen (secondary N) is 2. The van der Waals surface area contributed by atoms with E-state index in [1.54, 1.807) is 12.1 Å². The van der Waals surface area contributed by atoms with E-state index in [1.807, 2.05) is 65.8 Å². The van der Waals surface area contributed by atoms with Crippen molar-refractivity contribution in [2.24, 2.45) is 22.7 Å². The number of hydrogen-bond acceptors (Lipinski definition) is 10. The number of rotatable bonds is 10. The van der Waals surface area contributed by atoms with E-state index in [9.17, 15) is 9.59 Å². The van der Waals surface area contributed by atoms with E-state index in [1.165, 1.54) is 12.8 Å². The summed E-state index contributed by atoms with van der Waals surface area (Å²) in [4.78, 5) is 23.5. The molecule has 0 saturated heterocycles. The van der Waals surface area contributed by atoms with Gasteiger partial charge in [-0.3, -0.25) is 0 Å². The molecule has 292 valence electrons. The van der Waals surface area contributed by atoms with Crippen LogP contribution in [0.4, 0.5) is 22.7 Å². The standard InChI is InChI=1S/2C21H34N2O3/c2*1-14-9-15(12-21(5,6)11-14)23-18-8-7-16(10-17(18)22)25-13-19(24)26-20(2,3)4/h2*7-8,10,14-15,23H,9,11-13,22H2,1-6H3/t2*14-,15+/m10/s1. The monoisotopic (exact) mass is 725 g/mol. The van der Waals surface area contributed by atoms with Gasteiger partial charge in [0.25, 0.3) is 0 Å². The summed E-state index contributed by atoms with van der Waals surface area (Å²) in [6, 6.07) is 11.9. The Bertz CT molecular complexity index is 1380. The smallest absolute Gasteiger partial charge is 0.344 e. The molecular weight excluding hydrogens is 656 g/mol. The van der Waals surface area contributed by atoms with Crippen molar-refractivity contribution < 1.29 is 28.5 Å².